The Morgan fingerprint density at radius 1 is 1.00 bits per heavy atom. The molecular weight excluding hydrogens is 442 g/mol. The molecule has 2 aromatic carbocycles. The quantitative estimate of drug-likeness (QED) is 0.391. The predicted molar refractivity (Wildman–Crippen MR) is 114 cm³/mol. The number of methoxy groups -OCH3 is 2. The number of aromatic nitrogens is 3. The third kappa shape index (κ3) is 3.22. The van der Waals surface area contributed by atoms with Crippen LogP contribution in [0.5, 0.6) is 17.2 Å². The Labute approximate surface area is 174 Å². The van der Waals surface area contributed by atoms with E-state index < -0.39 is 0 Å². The van der Waals surface area contributed by atoms with Gasteiger partial charge in [-0.2, -0.15) is 0 Å². The highest BCUT2D eigenvalue weighted by atomic mass is 79.9. The number of fused-ring (bicyclic) bond motifs is 1. The summed E-state index contributed by atoms with van der Waals surface area (Å²) in [7, 11) is 3.22. The van der Waals surface area contributed by atoms with E-state index in [0.717, 1.165) is 26.3 Å². The highest BCUT2D eigenvalue weighted by Crippen LogP contribution is 2.42. The third-order valence-electron chi connectivity index (χ3n) is 4.30. The number of thiazole rings is 1. The van der Waals surface area contributed by atoms with Gasteiger partial charge in [0.2, 0.25) is 10.7 Å². The van der Waals surface area contributed by atoms with Gasteiger partial charge < -0.3 is 14.2 Å². The van der Waals surface area contributed by atoms with Crippen LogP contribution in [0.15, 0.2) is 46.3 Å². The normalized spacial score (nSPS) is 11.0. The Morgan fingerprint density at radius 3 is 2.29 bits per heavy atom. The summed E-state index contributed by atoms with van der Waals surface area (Å²) < 4.78 is 19.9. The summed E-state index contributed by atoms with van der Waals surface area (Å²) in [6, 6.07) is 12.0. The Bertz CT molecular complexity index is 1100. The number of rotatable bonds is 6. The number of ether oxygens (including phenoxy) is 3. The van der Waals surface area contributed by atoms with Crippen molar-refractivity contribution in [1.82, 2.24) is 14.6 Å². The molecule has 0 saturated carbocycles. The zero-order chi connectivity index (χ0) is 19.7. The Kier molecular flexibility index (Phi) is 5.23. The smallest absolute Gasteiger partial charge is 0.216 e. The van der Waals surface area contributed by atoms with Crippen LogP contribution < -0.4 is 14.2 Å². The first-order valence-electron chi connectivity index (χ1n) is 8.64. The minimum absolute atomic E-state index is 0.513. The van der Waals surface area contributed by atoms with Crippen molar-refractivity contribution in [3.8, 4) is 39.9 Å². The predicted octanol–water partition coefficient (Wildman–Crippen LogP) is 5.30. The zero-order valence-corrected chi connectivity index (χ0v) is 18.0. The van der Waals surface area contributed by atoms with Gasteiger partial charge in [0.15, 0.2) is 17.3 Å². The van der Waals surface area contributed by atoms with Crippen molar-refractivity contribution in [2.45, 2.75) is 6.92 Å². The van der Waals surface area contributed by atoms with Gasteiger partial charge in [0.1, 0.15) is 0 Å². The highest BCUT2D eigenvalue weighted by molar-refractivity contribution is 9.10. The van der Waals surface area contributed by atoms with Crippen molar-refractivity contribution in [2.75, 3.05) is 20.8 Å². The first-order valence-corrected chi connectivity index (χ1v) is 10.3. The van der Waals surface area contributed by atoms with Gasteiger partial charge >= 0.3 is 0 Å². The summed E-state index contributed by atoms with van der Waals surface area (Å²) in [5.41, 5.74) is 2.95. The largest absolute Gasteiger partial charge is 0.493 e. The minimum atomic E-state index is 0.513. The fraction of sp³-hybridized carbons (Fsp3) is 0.200. The van der Waals surface area contributed by atoms with Gasteiger partial charge in [0, 0.05) is 15.4 Å². The molecule has 0 aliphatic carbocycles. The number of hydrogen-bond acceptors (Lipinski definition) is 6. The molecule has 6 nitrogen and oxygen atoms in total. The molecule has 4 rings (SSSR count). The van der Waals surface area contributed by atoms with Crippen LogP contribution in [0.1, 0.15) is 6.92 Å². The maximum absolute atomic E-state index is 5.70. The van der Waals surface area contributed by atoms with E-state index in [1.165, 1.54) is 0 Å². The monoisotopic (exact) mass is 459 g/mol. The number of benzene rings is 2. The van der Waals surface area contributed by atoms with Crippen LogP contribution in [0, 0.1) is 0 Å². The molecule has 0 saturated heterocycles. The molecule has 0 aliphatic heterocycles. The van der Waals surface area contributed by atoms with Gasteiger partial charge in [-0.1, -0.05) is 28.1 Å². The summed E-state index contributed by atoms with van der Waals surface area (Å²) in [5.74, 6) is 2.48. The van der Waals surface area contributed by atoms with Crippen LogP contribution in [0.4, 0.5) is 0 Å². The Balaban J connectivity index is 1.90. The lowest BCUT2D eigenvalue weighted by Crippen LogP contribution is -2.00. The maximum atomic E-state index is 5.70. The molecule has 0 unspecified atom stereocenters. The van der Waals surface area contributed by atoms with Gasteiger partial charge in [0.25, 0.3) is 0 Å². The molecule has 0 aliphatic rings. The molecule has 0 spiro atoms. The Morgan fingerprint density at radius 2 is 1.68 bits per heavy atom. The van der Waals surface area contributed by atoms with Gasteiger partial charge in [-0.25, -0.2) is 0 Å². The summed E-state index contributed by atoms with van der Waals surface area (Å²) in [6.07, 6.45) is 0. The van der Waals surface area contributed by atoms with E-state index in [1.807, 2.05) is 35.6 Å². The van der Waals surface area contributed by atoms with Gasteiger partial charge in [-0.15, -0.1) is 21.5 Å². The lowest BCUT2D eigenvalue weighted by Gasteiger charge is -2.15. The van der Waals surface area contributed by atoms with Crippen LogP contribution in [-0.2, 0) is 0 Å². The lowest BCUT2D eigenvalue weighted by atomic mass is 10.1. The SMILES string of the molecule is CCOc1c(OC)cc(-c2nnc3scc(-c4ccc(Br)cc4)n23)cc1OC. The van der Waals surface area contributed by atoms with Crippen molar-refractivity contribution in [2.24, 2.45) is 0 Å². The van der Waals surface area contributed by atoms with Crippen molar-refractivity contribution < 1.29 is 14.2 Å². The van der Waals surface area contributed by atoms with E-state index in [4.69, 9.17) is 14.2 Å². The molecule has 0 fully saturated rings. The van der Waals surface area contributed by atoms with Gasteiger partial charge in [-0.05, 0) is 36.8 Å². The fourth-order valence-electron chi connectivity index (χ4n) is 3.03. The van der Waals surface area contributed by atoms with Crippen molar-refractivity contribution in [3.63, 3.8) is 0 Å². The van der Waals surface area contributed by atoms with Crippen LogP contribution in [0.3, 0.4) is 0 Å². The average molecular weight is 460 g/mol. The molecule has 0 amide bonds. The van der Waals surface area contributed by atoms with Crippen LogP contribution in [0.25, 0.3) is 27.6 Å². The van der Waals surface area contributed by atoms with E-state index in [9.17, 15) is 0 Å². The van der Waals surface area contributed by atoms with Crippen LogP contribution in [0.2, 0.25) is 0 Å². The minimum Gasteiger partial charge on any atom is -0.493 e. The molecule has 0 radical (unpaired) electrons. The zero-order valence-electron chi connectivity index (χ0n) is 15.6. The van der Waals surface area contributed by atoms with E-state index in [2.05, 4.69) is 43.6 Å². The van der Waals surface area contributed by atoms with Crippen molar-refractivity contribution in [3.05, 3.63) is 46.3 Å². The van der Waals surface area contributed by atoms with Crippen molar-refractivity contribution in [1.29, 1.82) is 0 Å². The second kappa shape index (κ2) is 7.81. The summed E-state index contributed by atoms with van der Waals surface area (Å²) in [5, 5.41) is 10.8. The molecule has 0 bridgehead atoms. The first-order chi connectivity index (χ1) is 13.7. The molecule has 2 aromatic heterocycles. The van der Waals surface area contributed by atoms with Crippen LogP contribution >= 0.6 is 27.3 Å². The van der Waals surface area contributed by atoms with Crippen LogP contribution in [-0.4, -0.2) is 35.4 Å². The highest BCUT2D eigenvalue weighted by Gasteiger charge is 2.20. The molecule has 0 atom stereocenters. The van der Waals surface area contributed by atoms with E-state index in [1.54, 1.807) is 25.6 Å². The summed E-state index contributed by atoms with van der Waals surface area (Å²) in [4.78, 5) is 0.819. The van der Waals surface area contributed by atoms with Gasteiger partial charge in [0.05, 0.1) is 26.5 Å². The molecule has 8 heteroatoms. The van der Waals surface area contributed by atoms with E-state index >= 15 is 0 Å². The number of halogens is 1. The third-order valence-corrected chi connectivity index (χ3v) is 5.64. The molecule has 28 heavy (non-hydrogen) atoms. The molecular formula is C20H18BrN3O3S. The lowest BCUT2D eigenvalue weighted by molar-refractivity contribution is 0.288. The molecule has 2 heterocycles. The number of hydrogen-bond donors (Lipinski definition) is 0. The van der Waals surface area contributed by atoms with Gasteiger partial charge in [-0.3, -0.25) is 4.40 Å². The fourth-order valence-corrected chi connectivity index (χ4v) is 4.13. The van der Waals surface area contributed by atoms with Crippen molar-refractivity contribution >= 4 is 32.2 Å². The topological polar surface area (TPSA) is 57.9 Å². The first kappa shape index (κ1) is 18.8. The van der Waals surface area contributed by atoms with E-state index in [-0.39, 0.29) is 0 Å². The second-order valence-corrected chi connectivity index (χ2v) is 7.66. The molecule has 4 aromatic rings. The molecule has 144 valence electrons. The second-order valence-electron chi connectivity index (χ2n) is 5.91. The number of nitrogens with zero attached hydrogens (tertiary/aromatic N) is 3. The van der Waals surface area contributed by atoms with E-state index in [0.29, 0.717) is 29.7 Å². The Hall–Kier alpha value is -2.58. The average Bonchev–Trinajstić information content (AvgIpc) is 3.31. The summed E-state index contributed by atoms with van der Waals surface area (Å²) >= 11 is 5.03. The molecule has 0 N–H and O–H groups in total. The standard InChI is InChI=1S/C20H18BrN3O3S/c1-4-27-18-16(25-2)9-13(10-17(18)26-3)19-22-23-20-24(19)15(11-28-20)12-5-7-14(21)8-6-12/h5-11H,4H2,1-3H3. The maximum Gasteiger partial charge on any atom is 0.216 e. The summed E-state index contributed by atoms with van der Waals surface area (Å²) in [6.45, 7) is 2.43.